The van der Waals surface area contributed by atoms with Gasteiger partial charge < -0.3 is 0 Å². The van der Waals surface area contributed by atoms with Gasteiger partial charge >= 0.3 is 0 Å². The van der Waals surface area contributed by atoms with Crippen LogP contribution < -0.4 is 0 Å². The highest BCUT2D eigenvalue weighted by Gasteiger charge is 2.42. The Kier molecular flexibility index (Phi) is 23.2. The van der Waals surface area contributed by atoms with E-state index in [0.29, 0.717) is 0 Å². The molecule has 2 aliphatic rings. The third-order valence-corrected chi connectivity index (χ3v) is 9.22. The van der Waals surface area contributed by atoms with Crippen molar-refractivity contribution in [2.75, 3.05) is 0 Å². The Balaban J connectivity index is 0. The Hall–Kier alpha value is -3.38. The van der Waals surface area contributed by atoms with Gasteiger partial charge in [0.1, 0.15) is 0 Å². The molecule has 0 heteroatoms. The maximum Gasteiger partial charge on any atom is 0.0187 e. The Morgan fingerprint density at radius 3 is 1.60 bits per heavy atom. The van der Waals surface area contributed by atoms with Gasteiger partial charge in [-0.2, -0.15) is 0 Å². The van der Waals surface area contributed by atoms with Gasteiger partial charge in [0, 0.05) is 10.8 Å². The summed E-state index contributed by atoms with van der Waals surface area (Å²) in [4.78, 5) is 0. The number of rotatable bonds is 14. The van der Waals surface area contributed by atoms with Gasteiger partial charge in [-0.15, -0.1) is 0 Å². The lowest BCUT2D eigenvalue weighted by Gasteiger charge is -2.37. The number of allylic oxidation sites excluding steroid dienone is 16. The predicted octanol–water partition coefficient (Wildman–Crippen LogP) is 15.9. The highest BCUT2D eigenvalue weighted by molar-refractivity contribution is 5.87. The Bertz CT molecular complexity index is 1340. The second kappa shape index (κ2) is 23.9. The van der Waals surface area contributed by atoms with E-state index in [-0.39, 0.29) is 16.2 Å². The molecular weight excluding hydrogens is 577 g/mol. The topological polar surface area (TPSA) is 0 Å². The molecule has 0 nitrogen and oxygen atoms in total. The van der Waals surface area contributed by atoms with Crippen molar-refractivity contribution < 1.29 is 0 Å². The molecule has 1 aromatic rings. The van der Waals surface area contributed by atoms with E-state index in [1.165, 1.54) is 44.6 Å². The first-order valence-corrected chi connectivity index (χ1v) is 18.9. The summed E-state index contributed by atoms with van der Waals surface area (Å²) in [6.07, 6.45) is 26.6. The molecule has 2 atom stereocenters. The molecule has 3 rings (SSSR count). The van der Waals surface area contributed by atoms with Crippen LogP contribution in [-0.2, 0) is 5.41 Å². The zero-order valence-electron chi connectivity index (χ0n) is 33.9. The maximum absolute atomic E-state index is 4.27. The number of benzene rings is 1. The second-order valence-corrected chi connectivity index (χ2v) is 12.4. The van der Waals surface area contributed by atoms with Crippen molar-refractivity contribution in [2.24, 2.45) is 10.8 Å². The van der Waals surface area contributed by atoms with Crippen LogP contribution in [0, 0.1) is 10.8 Å². The van der Waals surface area contributed by atoms with E-state index in [4.69, 9.17) is 0 Å². The average molecular weight is 651 g/mol. The molecule has 0 spiro atoms. The van der Waals surface area contributed by atoms with Gasteiger partial charge in [-0.1, -0.05) is 201 Å². The molecule has 0 saturated heterocycles. The fourth-order valence-electron chi connectivity index (χ4n) is 6.73. The molecule has 0 radical (unpaired) electrons. The molecular formula is C48H74. The van der Waals surface area contributed by atoms with Crippen LogP contribution in [-0.4, -0.2) is 0 Å². The molecule has 48 heavy (non-hydrogen) atoms. The molecule has 266 valence electrons. The van der Waals surface area contributed by atoms with Crippen LogP contribution in [0.3, 0.4) is 0 Å². The third kappa shape index (κ3) is 10.8. The van der Waals surface area contributed by atoms with Crippen LogP contribution in [0.15, 0.2) is 139 Å². The smallest absolute Gasteiger partial charge is 0.0187 e. The summed E-state index contributed by atoms with van der Waals surface area (Å²) in [5, 5.41) is 0. The fraction of sp³-hybridized carbons (Fsp3) is 0.458. The van der Waals surface area contributed by atoms with Gasteiger partial charge in [-0.25, -0.2) is 0 Å². The minimum absolute atomic E-state index is 0.0416. The second-order valence-electron chi connectivity index (χ2n) is 12.4. The largest absolute Gasteiger partial charge is 0.0991 e. The first kappa shape index (κ1) is 46.7. The van der Waals surface area contributed by atoms with Crippen LogP contribution in [0.25, 0.3) is 5.57 Å². The molecule has 0 aliphatic heterocycles. The van der Waals surface area contributed by atoms with Crippen LogP contribution in [0.4, 0.5) is 0 Å². The summed E-state index contributed by atoms with van der Waals surface area (Å²) in [5.74, 6) is 0. The summed E-state index contributed by atoms with van der Waals surface area (Å²) in [6, 6.07) is 8.95. The summed E-state index contributed by atoms with van der Waals surface area (Å²) in [5.41, 5.74) is 10.5. The van der Waals surface area contributed by atoms with Gasteiger partial charge in [-0.05, 0) is 89.0 Å². The first-order chi connectivity index (χ1) is 23.1. The zero-order chi connectivity index (χ0) is 37.6. The van der Waals surface area contributed by atoms with Crippen molar-refractivity contribution in [1.29, 1.82) is 0 Å². The van der Waals surface area contributed by atoms with Crippen molar-refractivity contribution in [3.05, 3.63) is 150 Å². The summed E-state index contributed by atoms with van der Waals surface area (Å²) in [7, 11) is 0. The summed E-state index contributed by atoms with van der Waals surface area (Å²) >= 11 is 0. The first-order valence-electron chi connectivity index (χ1n) is 18.9. The van der Waals surface area contributed by atoms with Gasteiger partial charge in [0.15, 0.2) is 0 Å². The Labute approximate surface area is 300 Å². The molecule has 0 amide bonds. The predicted molar refractivity (Wildman–Crippen MR) is 225 cm³/mol. The van der Waals surface area contributed by atoms with E-state index in [0.717, 1.165) is 32.1 Å². The fourth-order valence-corrected chi connectivity index (χ4v) is 6.73. The monoisotopic (exact) mass is 651 g/mol. The van der Waals surface area contributed by atoms with Crippen molar-refractivity contribution >= 4 is 5.57 Å². The molecule has 1 aromatic carbocycles. The van der Waals surface area contributed by atoms with E-state index < -0.39 is 0 Å². The molecule has 0 N–H and O–H groups in total. The number of hydrogen-bond acceptors (Lipinski definition) is 0. The molecule has 0 fully saturated rings. The summed E-state index contributed by atoms with van der Waals surface area (Å²) < 4.78 is 0. The van der Waals surface area contributed by atoms with Gasteiger partial charge in [0.2, 0.25) is 0 Å². The lowest BCUT2D eigenvalue weighted by atomic mass is 9.67. The average Bonchev–Trinajstić information content (AvgIpc) is 3.51. The molecule has 0 saturated carbocycles. The SMILES string of the molecule is C=C/C=C\C1=C(C=C)C(C=C)=C(/C=C\C)C1(C)CCC(C)(C)CCC1(C)C(C=C)=C(/C=C\CC)c2ccccc21.CC.CC.CC.CC. The number of fused-ring (bicyclic) bond motifs is 1. The number of hydrogen-bond donors (Lipinski definition) is 0. The quantitative estimate of drug-likeness (QED) is 0.176. The van der Waals surface area contributed by atoms with Crippen LogP contribution >= 0.6 is 0 Å². The van der Waals surface area contributed by atoms with Gasteiger partial charge in [0.25, 0.3) is 0 Å². The van der Waals surface area contributed by atoms with E-state index in [1.807, 2.05) is 79.7 Å². The van der Waals surface area contributed by atoms with Crippen LogP contribution in [0.2, 0.25) is 0 Å². The minimum atomic E-state index is -0.121. The molecule has 2 unspecified atom stereocenters. The third-order valence-electron chi connectivity index (χ3n) is 9.22. The van der Waals surface area contributed by atoms with Crippen molar-refractivity contribution in [3.8, 4) is 0 Å². The highest BCUT2D eigenvalue weighted by atomic mass is 14.5. The van der Waals surface area contributed by atoms with Gasteiger partial charge in [0.05, 0.1) is 0 Å². The normalized spacial score (nSPS) is 19.9. The van der Waals surface area contributed by atoms with Crippen LogP contribution in [0.5, 0.6) is 0 Å². The molecule has 0 bridgehead atoms. The van der Waals surface area contributed by atoms with Crippen molar-refractivity contribution in [2.45, 2.75) is 134 Å². The van der Waals surface area contributed by atoms with Gasteiger partial charge in [-0.3, -0.25) is 0 Å². The van der Waals surface area contributed by atoms with E-state index in [2.05, 4.69) is 129 Å². The van der Waals surface area contributed by atoms with E-state index in [1.54, 1.807) is 0 Å². The van der Waals surface area contributed by atoms with Crippen molar-refractivity contribution in [3.63, 3.8) is 0 Å². The van der Waals surface area contributed by atoms with Crippen LogP contribution in [0.1, 0.15) is 140 Å². The Morgan fingerprint density at radius 1 is 0.646 bits per heavy atom. The van der Waals surface area contributed by atoms with E-state index >= 15 is 0 Å². The molecule has 0 aromatic heterocycles. The molecule has 0 heterocycles. The highest BCUT2D eigenvalue weighted by Crippen LogP contribution is 2.55. The standard InChI is InChI=1S/C40H50.4C2H6/c1-11-17-22-32-33-23-19-20-25-37(33)39(9,34(32)16-6)28-26-38(7,8)27-29-40(10)35(21-13-3)30(14-4)31(15-5)36(40)24-18-12-2;4*1-2/h12-25H,2,4-6,11,26-29H2,1,3,7-10H3;4*1-2H3/b21-13-,22-17-,24-18-;;;;. The lowest BCUT2D eigenvalue weighted by molar-refractivity contribution is 0.241. The maximum atomic E-state index is 4.27. The lowest BCUT2D eigenvalue weighted by Crippen LogP contribution is -2.27. The zero-order valence-corrected chi connectivity index (χ0v) is 33.9. The minimum Gasteiger partial charge on any atom is -0.0991 e. The van der Waals surface area contributed by atoms with E-state index in [9.17, 15) is 0 Å². The molecule has 2 aliphatic carbocycles. The summed E-state index contributed by atoms with van der Waals surface area (Å²) in [6.45, 7) is 46.5. The Morgan fingerprint density at radius 2 is 1.15 bits per heavy atom. The van der Waals surface area contributed by atoms with Crippen molar-refractivity contribution in [1.82, 2.24) is 0 Å².